The van der Waals surface area contributed by atoms with Crippen molar-refractivity contribution >= 4 is 17.3 Å². The summed E-state index contributed by atoms with van der Waals surface area (Å²) >= 11 is 0. The highest BCUT2D eigenvalue weighted by atomic mass is 19.4. The highest BCUT2D eigenvalue weighted by Crippen LogP contribution is 2.32. The van der Waals surface area contributed by atoms with Crippen LogP contribution in [0.3, 0.4) is 0 Å². The molecule has 0 aliphatic rings. The summed E-state index contributed by atoms with van der Waals surface area (Å²) < 4.78 is 79.9. The normalized spacial score (nSPS) is 12.5. The van der Waals surface area contributed by atoms with Crippen LogP contribution in [0.15, 0.2) is 78.9 Å². The summed E-state index contributed by atoms with van der Waals surface area (Å²) in [7, 11) is 0. The number of anilines is 1. The molecule has 0 radical (unpaired) electrons. The highest BCUT2D eigenvalue weighted by Gasteiger charge is 2.31. The molecule has 3 aromatic rings. The van der Waals surface area contributed by atoms with Gasteiger partial charge in [0, 0.05) is 5.69 Å². The molecule has 2 nitrogen and oxygen atoms in total. The van der Waals surface area contributed by atoms with Gasteiger partial charge in [-0.1, -0.05) is 54.6 Å². The first-order valence-corrected chi connectivity index (χ1v) is 8.67. The van der Waals surface area contributed by atoms with E-state index in [0.717, 1.165) is 11.6 Å². The third kappa shape index (κ3) is 6.30. The summed E-state index contributed by atoms with van der Waals surface area (Å²) in [5.74, 6) is -0.427. The zero-order valence-electron chi connectivity index (χ0n) is 15.3. The third-order valence-corrected chi connectivity index (χ3v) is 3.95. The van der Waals surface area contributed by atoms with Crippen molar-refractivity contribution in [1.82, 2.24) is 0 Å². The molecule has 0 aromatic heterocycles. The first kappa shape index (κ1) is 21.3. The Bertz CT molecular complexity index is 964. The largest absolute Gasteiger partial charge is 0.573 e. The molecule has 0 atom stereocenters. The molecule has 156 valence electrons. The number of benzene rings is 3. The average Bonchev–Trinajstić information content (AvgIpc) is 2.65. The van der Waals surface area contributed by atoms with E-state index in [4.69, 9.17) is 0 Å². The zero-order valence-corrected chi connectivity index (χ0v) is 15.3. The predicted octanol–water partition coefficient (Wildman–Crippen LogP) is 7.11. The standard InChI is InChI=1S/C22H15F6NO/c23-21(24,25)29-18-10-4-8-16(13-18)20(12-15-6-2-1-3-7-15)17-9-5-11-19(14-17)30-22(26,27)28/h1-14,29H/b20-12-. The molecule has 0 bridgehead atoms. The van der Waals surface area contributed by atoms with E-state index in [9.17, 15) is 26.3 Å². The molecule has 0 spiro atoms. The minimum Gasteiger partial charge on any atom is -0.406 e. The van der Waals surface area contributed by atoms with Gasteiger partial charge in [-0.15, -0.1) is 13.2 Å². The lowest BCUT2D eigenvalue weighted by Crippen LogP contribution is -2.20. The Balaban J connectivity index is 2.08. The van der Waals surface area contributed by atoms with Crippen LogP contribution < -0.4 is 10.1 Å². The molecule has 0 saturated heterocycles. The number of hydrogen-bond acceptors (Lipinski definition) is 2. The van der Waals surface area contributed by atoms with Crippen LogP contribution in [-0.4, -0.2) is 12.7 Å². The van der Waals surface area contributed by atoms with Gasteiger partial charge in [0.15, 0.2) is 0 Å². The van der Waals surface area contributed by atoms with Crippen LogP contribution in [0.2, 0.25) is 0 Å². The second kappa shape index (κ2) is 8.52. The molecule has 0 saturated carbocycles. The zero-order chi connectivity index (χ0) is 21.8. The Labute approximate surface area is 168 Å². The summed E-state index contributed by atoms with van der Waals surface area (Å²) in [5.41, 5.74) is 1.70. The van der Waals surface area contributed by atoms with Crippen LogP contribution in [0, 0.1) is 0 Å². The lowest BCUT2D eigenvalue weighted by Gasteiger charge is -2.15. The van der Waals surface area contributed by atoms with E-state index in [1.54, 1.807) is 48.5 Å². The predicted molar refractivity (Wildman–Crippen MR) is 103 cm³/mol. The van der Waals surface area contributed by atoms with Gasteiger partial charge in [0.2, 0.25) is 0 Å². The second-order valence-electron chi connectivity index (χ2n) is 6.25. The Kier molecular flexibility index (Phi) is 6.05. The molecule has 0 aliphatic carbocycles. The number of rotatable bonds is 5. The molecule has 3 rings (SSSR count). The molecular weight excluding hydrogens is 408 g/mol. The third-order valence-electron chi connectivity index (χ3n) is 3.95. The van der Waals surface area contributed by atoms with Gasteiger partial charge >= 0.3 is 12.7 Å². The lowest BCUT2D eigenvalue weighted by molar-refractivity contribution is -0.274. The maximum Gasteiger partial charge on any atom is 0.573 e. The van der Waals surface area contributed by atoms with Crippen molar-refractivity contribution in [3.05, 3.63) is 95.6 Å². The quantitative estimate of drug-likeness (QED) is 0.268. The molecule has 0 amide bonds. The Morgan fingerprint density at radius 3 is 2.00 bits per heavy atom. The molecule has 0 heterocycles. The van der Waals surface area contributed by atoms with Gasteiger partial charge in [0.25, 0.3) is 0 Å². The van der Waals surface area contributed by atoms with Crippen LogP contribution >= 0.6 is 0 Å². The number of nitrogens with one attached hydrogen (secondary N) is 1. The fraction of sp³-hybridized carbons (Fsp3) is 0.0909. The average molecular weight is 423 g/mol. The topological polar surface area (TPSA) is 21.3 Å². The van der Waals surface area contributed by atoms with Crippen molar-refractivity contribution in [3.63, 3.8) is 0 Å². The molecule has 1 N–H and O–H groups in total. The van der Waals surface area contributed by atoms with Crippen molar-refractivity contribution in [1.29, 1.82) is 0 Å². The SMILES string of the molecule is FC(F)(F)Nc1cccc(/C(=C/c2ccccc2)c2cccc(OC(F)(F)F)c2)c1. The molecule has 0 unspecified atom stereocenters. The van der Waals surface area contributed by atoms with E-state index in [1.807, 2.05) is 0 Å². The maximum atomic E-state index is 12.7. The molecule has 30 heavy (non-hydrogen) atoms. The van der Waals surface area contributed by atoms with E-state index in [2.05, 4.69) is 4.74 Å². The van der Waals surface area contributed by atoms with Crippen molar-refractivity contribution in [2.45, 2.75) is 12.7 Å². The maximum absolute atomic E-state index is 12.7. The van der Waals surface area contributed by atoms with Gasteiger partial charge in [-0.3, -0.25) is 5.32 Å². The number of halogens is 6. The summed E-state index contributed by atoms with van der Waals surface area (Å²) in [5, 5.41) is 1.43. The van der Waals surface area contributed by atoms with E-state index in [-0.39, 0.29) is 5.69 Å². The first-order chi connectivity index (χ1) is 14.1. The molecule has 8 heteroatoms. The van der Waals surface area contributed by atoms with E-state index in [1.165, 1.54) is 35.6 Å². The van der Waals surface area contributed by atoms with Crippen LogP contribution in [-0.2, 0) is 0 Å². The molecule has 0 aliphatic heterocycles. The summed E-state index contributed by atoms with van der Waals surface area (Å²) in [6.45, 7) is 0. The van der Waals surface area contributed by atoms with E-state index in [0.29, 0.717) is 16.7 Å². The fourth-order valence-corrected chi connectivity index (χ4v) is 2.84. The van der Waals surface area contributed by atoms with E-state index < -0.39 is 18.4 Å². The number of alkyl halides is 6. The van der Waals surface area contributed by atoms with Crippen LogP contribution in [0.4, 0.5) is 32.0 Å². The van der Waals surface area contributed by atoms with Gasteiger partial charge < -0.3 is 4.74 Å². The van der Waals surface area contributed by atoms with E-state index >= 15 is 0 Å². The second-order valence-corrected chi connectivity index (χ2v) is 6.25. The van der Waals surface area contributed by atoms with Gasteiger partial charge in [-0.25, -0.2) is 0 Å². The van der Waals surface area contributed by atoms with Crippen molar-refractivity contribution in [2.24, 2.45) is 0 Å². The molecule has 3 aromatic carbocycles. The lowest BCUT2D eigenvalue weighted by atomic mass is 9.95. The minimum atomic E-state index is -4.86. The monoisotopic (exact) mass is 423 g/mol. The van der Waals surface area contributed by atoms with Gasteiger partial charge in [-0.05, 0) is 52.6 Å². The van der Waals surface area contributed by atoms with Crippen LogP contribution in [0.5, 0.6) is 5.75 Å². The van der Waals surface area contributed by atoms with Gasteiger partial charge in [-0.2, -0.15) is 13.2 Å². The number of hydrogen-bond donors (Lipinski definition) is 1. The molecule has 0 fully saturated rings. The summed E-state index contributed by atoms with van der Waals surface area (Å²) in [4.78, 5) is 0. The van der Waals surface area contributed by atoms with Crippen molar-refractivity contribution < 1.29 is 31.1 Å². The van der Waals surface area contributed by atoms with Crippen molar-refractivity contribution in [3.8, 4) is 5.75 Å². The Morgan fingerprint density at radius 2 is 1.37 bits per heavy atom. The summed E-state index contributed by atoms with van der Waals surface area (Å²) in [6.07, 6.45) is -7.81. The van der Waals surface area contributed by atoms with Crippen molar-refractivity contribution in [2.75, 3.05) is 5.32 Å². The van der Waals surface area contributed by atoms with Crippen LogP contribution in [0.25, 0.3) is 11.6 Å². The Morgan fingerprint density at radius 1 is 0.733 bits per heavy atom. The summed E-state index contributed by atoms with van der Waals surface area (Å²) in [6, 6.07) is 19.7. The number of ether oxygens (including phenoxy) is 1. The van der Waals surface area contributed by atoms with Crippen LogP contribution in [0.1, 0.15) is 16.7 Å². The first-order valence-electron chi connectivity index (χ1n) is 8.67. The Hall–Kier alpha value is -3.42. The minimum absolute atomic E-state index is 0.193. The smallest absolute Gasteiger partial charge is 0.406 e. The fourth-order valence-electron chi connectivity index (χ4n) is 2.84. The highest BCUT2D eigenvalue weighted by molar-refractivity contribution is 5.92. The van der Waals surface area contributed by atoms with Gasteiger partial charge in [0.05, 0.1) is 0 Å². The molecular formula is C22H15F6NO. The van der Waals surface area contributed by atoms with Gasteiger partial charge in [0.1, 0.15) is 5.75 Å².